The third-order valence-electron chi connectivity index (χ3n) is 5.35. The minimum Gasteiger partial charge on any atom is -0.352 e. The van der Waals surface area contributed by atoms with E-state index < -0.39 is 0 Å². The van der Waals surface area contributed by atoms with Gasteiger partial charge in [0.1, 0.15) is 0 Å². The number of amides is 2. The van der Waals surface area contributed by atoms with Gasteiger partial charge < -0.3 is 14.7 Å². The van der Waals surface area contributed by atoms with E-state index in [2.05, 4.69) is 10.5 Å². The Morgan fingerprint density at radius 2 is 2.14 bits per heavy atom. The van der Waals surface area contributed by atoms with Crippen molar-refractivity contribution < 1.29 is 14.1 Å². The Morgan fingerprint density at radius 1 is 1.34 bits per heavy atom. The molecule has 2 heterocycles. The second kappa shape index (κ2) is 9.92. The fourth-order valence-electron chi connectivity index (χ4n) is 3.56. The minimum atomic E-state index is -0.114. The summed E-state index contributed by atoms with van der Waals surface area (Å²) in [6, 6.07) is 9.22. The highest BCUT2D eigenvalue weighted by molar-refractivity contribution is 6.31. The van der Waals surface area contributed by atoms with Gasteiger partial charge in [-0.05, 0) is 42.7 Å². The summed E-state index contributed by atoms with van der Waals surface area (Å²) in [7, 11) is 0. The average Bonchev–Trinajstić information content (AvgIpc) is 3.22. The van der Waals surface area contributed by atoms with Gasteiger partial charge in [-0.1, -0.05) is 48.8 Å². The van der Waals surface area contributed by atoms with Crippen LogP contribution in [0.2, 0.25) is 5.02 Å². The molecule has 1 N–H and O–H groups in total. The van der Waals surface area contributed by atoms with Crippen molar-refractivity contribution in [3.05, 3.63) is 52.4 Å². The molecule has 156 valence electrons. The summed E-state index contributed by atoms with van der Waals surface area (Å²) in [5, 5.41) is 7.56. The van der Waals surface area contributed by atoms with E-state index in [0.717, 1.165) is 30.5 Å². The van der Waals surface area contributed by atoms with Crippen molar-refractivity contribution in [2.24, 2.45) is 5.92 Å². The smallest absolute Gasteiger partial charge is 0.292 e. The highest BCUT2D eigenvalue weighted by Crippen LogP contribution is 2.23. The molecule has 0 aliphatic carbocycles. The molecule has 1 saturated heterocycles. The molecule has 0 spiro atoms. The van der Waals surface area contributed by atoms with Gasteiger partial charge in [-0.15, -0.1) is 0 Å². The SMILES string of the molecule is CC(C)c1cc(C(=O)N2CCCC(CCC(=O)NCc3ccccc3Cl)C2)on1. The van der Waals surface area contributed by atoms with Gasteiger partial charge in [0.05, 0.1) is 5.69 Å². The van der Waals surface area contributed by atoms with Crippen LogP contribution in [-0.4, -0.2) is 35.0 Å². The van der Waals surface area contributed by atoms with Crippen LogP contribution in [0.5, 0.6) is 0 Å². The number of aromatic nitrogens is 1. The number of carbonyl (C=O) groups is 2. The molecule has 7 heteroatoms. The second-order valence-electron chi connectivity index (χ2n) is 7.94. The number of nitrogens with zero attached hydrogens (tertiary/aromatic N) is 2. The minimum absolute atomic E-state index is 0.00480. The van der Waals surface area contributed by atoms with Gasteiger partial charge in [0.15, 0.2) is 0 Å². The van der Waals surface area contributed by atoms with Crippen molar-refractivity contribution in [1.82, 2.24) is 15.4 Å². The van der Waals surface area contributed by atoms with Gasteiger partial charge in [0.25, 0.3) is 5.91 Å². The van der Waals surface area contributed by atoms with Gasteiger partial charge in [-0.25, -0.2) is 0 Å². The number of carbonyl (C=O) groups excluding carboxylic acids is 2. The number of rotatable bonds is 7. The Bertz CT molecular complexity index is 849. The van der Waals surface area contributed by atoms with Crippen molar-refractivity contribution in [1.29, 1.82) is 0 Å². The number of hydrogen-bond acceptors (Lipinski definition) is 4. The number of benzene rings is 1. The number of hydrogen-bond donors (Lipinski definition) is 1. The molecule has 1 aliphatic rings. The zero-order chi connectivity index (χ0) is 20.8. The normalized spacial score (nSPS) is 16.8. The van der Waals surface area contributed by atoms with Gasteiger partial charge in [0, 0.05) is 37.1 Å². The maximum Gasteiger partial charge on any atom is 0.292 e. The summed E-state index contributed by atoms with van der Waals surface area (Å²) >= 11 is 6.12. The lowest BCUT2D eigenvalue weighted by Crippen LogP contribution is -2.40. The van der Waals surface area contributed by atoms with Gasteiger partial charge in [-0.2, -0.15) is 0 Å². The topological polar surface area (TPSA) is 75.4 Å². The summed E-state index contributed by atoms with van der Waals surface area (Å²) in [6.07, 6.45) is 3.15. The first-order valence-electron chi connectivity index (χ1n) is 10.2. The quantitative estimate of drug-likeness (QED) is 0.724. The van der Waals surface area contributed by atoms with Crippen molar-refractivity contribution in [2.75, 3.05) is 13.1 Å². The zero-order valence-electron chi connectivity index (χ0n) is 17.0. The van der Waals surface area contributed by atoms with Gasteiger partial charge >= 0.3 is 0 Å². The summed E-state index contributed by atoms with van der Waals surface area (Å²) in [6.45, 7) is 5.82. The third-order valence-corrected chi connectivity index (χ3v) is 5.72. The van der Waals surface area contributed by atoms with E-state index in [1.165, 1.54) is 0 Å². The lowest BCUT2D eigenvalue weighted by atomic mass is 9.93. The fourth-order valence-corrected chi connectivity index (χ4v) is 3.76. The lowest BCUT2D eigenvalue weighted by Gasteiger charge is -2.32. The summed E-state index contributed by atoms with van der Waals surface area (Å²) in [5.41, 5.74) is 1.70. The number of likely N-dealkylation sites (tertiary alicyclic amines) is 1. The maximum atomic E-state index is 12.7. The standard InChI is InChI=1S/C22H28ClN3O3/c1-15(2)19-12-20(29-25-19)22(28)26-11-5-6-16(14-26)9-10-21(27)24-13-17-7-3-4-8-18(17)23/h3-4,7-8,12,15-16H,5-6,9-11,13-14H2,1-2H3,(H,24,27). The predicted octanol–water partition coefficient (Wildman–Crippen LogP) is 4.40. The molecule has 6 nitrogen and oxygen atoms in total. The molecule has 1 unspecified atom stereocenters. The van der Waals surface area contributed by atoms with Crippen molar-refractivity contribution >= 4 is 23.4 Å². The molecular weight excluding hydrogens is 390 g/mol. The maximum absolute atomic E-state index is 12.7. The molecule has 0 saturated carbocycles. The molecule has 2 amide bonds. The van der Waals surface area contributed by atoms with Crippen molar-refractivity contribution in [2.45, 2.75) is 52.0 Å². The Hall–Kier alpha value is -2.34. The van der Waals surface area contributed by atoms with Crippen LogP contribution in [0.15, 0.2) is 34.9 Å². The van der Waals surface area contributed by atoms with Crippen LogP contribution in [-0.2, 0) is 11.3 Å². The van der Waals surface area contributed by atoms with Crippen LogP contribution in [0.4, 0.5) is 0 Å². The molecule has 1 fully saturated rings. The fraction of sp³-hybridized carbons (Fsp3) is 0.500. The number of piperidine rings is 1. The van der Waals surface area contributed by atoms with Crippen LogP contribution < -0.4 is 5.32 Å². The van der Waals surface area contributed by atoms with E-state index >= 15 is 0 Å². The van der Waals surface area contributed by atoms with Crippen LogP contribution in [0.1, 0.15) is 67.3 Å². The van der Waals surface area contributed by atoms with Crippen LogP contribution in [0, 0.1) is 5.92 Å². The molecule has 29 heavy (non-hydrogen) atoms. The molecule has 0 radical (unpaired) electrons. The first-order chi connectivity index (χ1) is 13.9. The molecule has 1 aromatic heterocycles. The van der Waals surface area contributed by atoms with E-state index in [0.29, 0.717) is 42.8 Å². The van der Waals surface area contributed by atoms with E-state index in [9.17, 15) is 9.59 Å². The second-order valence-corrected chi connectivity index (χ2v) is 8.34. The molecular formula is C22H28ClN3O3. The molecule has 1 aliphatic heterocycles. The zero-order valence-corrected chi connectivity index (χ0v) is 17.7. The van der Waals surface area contributed by atoms with E-state index in [4.69, 9.17) is 16.1 Å². The van der Waals surface area contributed by atoms with Gasteiger partial charge in [-0.3, -0.25) is 9.59 Å². The Balaban J connectivity index is 1.46. The van der Waals surface area contributed by atoms with Crippen LogP contribution in [0.25, 0.3) is 0 Å². The number of nitrogens with one attached hydrogen (secondary N) is 1. The lowest BCUT2D eigenvalue weighted by molar-refractivity contribution is -0.121. The number of halogens is 1. The van der Waals surface area contributed by atoms with Crippen molar-refractivity contribution in [3.63, 3.8) is 0 Å². The van der Waals surface area contributed by atoms with E-state index in [1.807, 2.05) is 43.0 Å². The van der Waals surface area contributed by atoms with Crippen molar-refractivity contribution in [3.8, 4) is 0 Å². The monoisotopic (exact) mass is 417 g/mol. The predicted molar refractivity (Wildman–Crippen MR) is 112 cm³/mol. The summed E-state index contributed by atoms with van der Waals surface area (Å²) < 4.78 is 5.24. The first kappa shape index (κ1) is 21.4. The summed E-state index contributed by atoms with van der Waals surface area (Å²) in [4.78, 5) is 26.7. The largest absolute Gasteiger partial charge is 0.352 e. The van der Waals surface area contributed by atoms with Crippen LogP contribution >= 0.6 is 11.6 Å². The highest BCUT2D eigenvalue weighted by Gasteiger charge is 2.27. The molecule has 1 aromatic carbocycles. The molecule has 0 bridgehead atoms. The Morgan fingerprint density at radius 3 is 2.86 bits per heavy atom. The van der Waals surface area contributed by atoms with Gasteiger partial charge in [0.2, 0.25) is 11.7 Å². The average molecular weight is 418 g/mol. The van der Waals surface area contributed by atoms with E-state index in [-0.39, 0.29) is 17.7 Å². The first-order valence-corrected chi connectivity index (χ1v) is 10.6. The third kappa shape index (κ3) is 5.82. The summed E-state index contributed by atoms with van der Waals surface area (Å²) in [5.74, 6) is 0.722. The van der Waals surface area contributed by atoms with Crippen LogP contribution in [0.3, 0.4) is 0 Å². The van der Waals surface area contributed by atoms with E-state index in [1.54, 1.807) is 6.07 Å². The Labute approximate surface area is 176 Å². The highest BCUT2D eigenvalue weighted by atomic mass is 35.5. The molecule has 1 atom stereocenters. The molecule has 3 rings (SSSR count). The molecule has 2 aromatic rings. The Kier molecular flexibility index (Phi) is 7.31.